The van der Waals surface area contributed by atoms with Gasteiger partial charge in [-0.05, 0) is 30.2 Å². The highest BCUT2D eigenvalue weighted by Gasteiger charge is 2.23. The lowest BCUT2D eigenvalue weighted by Crippen LogP contribution is -2.27. The van der Waals surface area contributed by atoms with Crippen molar-refractivity contribution in [3.8, 4) is 5.75 Å². The maximum Gasteiger partial charge on any atom is 0.394 e. The second kappa shape index (κ2) is 5.80. The lowest BCUT2D eigenvalue weighted by molar-refractivity contribution is -0.158. The molecule has 0 saturated carbocycles. The molecule has 0 atom stereocenters. The predicted molar refractivity (Wildman–Crippen MR) is 64.9 cm³/mol. The summed E-state index contributed by atoms with van der Waals surface area (Å²) in [5.74, 6) is 0.164. The number of nitrogens with one attached hydrogen (secondary N) is 1. The molecule has 1 N–H and O–H groups in total. The van der Waals surface area contributed by atoms with Gasteiger partial charge >= 0.3 is 6.11 Å². The Kier molecular flexibility index (Phi) is 4.64. The summed E-state index contributed by atoms with van der Waals surface area (Å²) in [6.45, 7) is 5.21. The van der Waals surface area contributed by atoms with Crippen LogP contribution in [0.5, 0.6) is 5.75 Å². The van der Waals surface area contributed by atoms with Gasteiger partial charge in [-0.1, -0.05) is 13.8 Å². The largest absolute Gasteiger partial charge is 0.433 e. The smallest absolute Gasteiger partial charge is 0.394 e. The summed E-state index contributed by atoms with van der Waals surface area (Å²) in [7, 11) is 0. The number of alkyl halides is 2. The molecule has 0 radical (unpaired) electrons. The van der Waals surface area contributed by atoms with E-state index >= 15 is 0 Å². The van der Waals surface area contributed by atoms with E-state index in [9.17, 15) is 13.6 Å². The summed E-state index contributed by atoms with van der Waals surface area (Å²) >= 11 is 0. The van der Waals surface area contributed by atoms with E-state index in [4.69, 9.17) is 0 Å². The van der Waals surface area contributed by atoms with Gasteiger partial charge in [0.2, 0.25) is 0 Å². The summed E-state index contributed by atoms with van der Waals surface area (Å²) < 4.78 is 29.5. The first-order valence-corrected chi connectivity index (χ1v) is 5.73. The van der Waals surface area contributed by atoms with Gasteiger partial charge in [-0.15, -0.1) is 0 Å². The van der Waals surface area contributed by atoms with E-state index in [1.807, 2.05) is 13.8 Å². The van der Waals surface area contributed by atoms with Crippen molar-refractivity contribution in [2.75, 3.05) is 6.54 Å². The number of rotatable bonds is 5. The zero-order valence-electron chi connectivity index (χ0n) is 10.7. The molecule has 1 aromatic rings. The van der Waals surface area contributed by atoms with Crippen LogP contribution >= 0.6 is 0 Å². The summed E-state index contributed by atoms with van der Waals surface area (Å²) in [5, 5.41) is 2.74. The Hall–Kier alpha value is -1.65. The number of hydrogen-bond donors (Lipinski definition) is 1. The molecule has 0 unspecified atom stereocenters. The first-order valence-electron chi connectivity index (χ1n) is 5.73. The number of amides is 1. The molecule has 18 heavy (non-hydrogen) atoms. The van der Waals surface area contributed by atoms with E-state index in [-0.39, 0.29) is 11.7 Å². The standard InChI is InChI=1S/C13H17F2NO2/c1-9(2)8-16-12(17)10-4-6-11(7-5-10)18-13(3,14)15/h4-7,9H,8H2,1-3H3,(H,16,17). The number of hydrogen-bond acceptors (Lipinski definition) is 2. The van der Waals surface area contributed by atoms with Gasteiger partial charge in [-0.3, -0.25) is 4.79 Å². The van der Waals surface area contributed by atoms with Gasteiger partial charge < -0.3 is 10.1 Å². The lowest BCUT2D eigenvalue weighted by Gasteiger charge is -2.13. The van der Waals surface area contributed by atoms with Crippen LogP contribution in [0.4, 0.5) is 8.78 Å². The summed E-state index contributed by atoms with van der Waals surface area (Å²) in [5.41, 5.74) is 0.419. The fraction of sp³-hybridized carbons (Fsp3) is 0.462. The van der Waals surface area contributed by atoms with Crippen LogP contribution in [0.2, 0.25) is 0 Å². The van der Waals surface area contributed by atoms with E-state index in [0.717, 1.165) is 0 Å². The third-order valence-electron chi connectivity index (χ3n) is 2.08. The average Bonchev–Trinajstić information content (AvgIpc) is 2.24. The Balaban J connectivity index is 2.62. The molecule has 1 aromatic carbocycles. The van der Waals surface area contributed by atoms with Crippen molar-refractivity contribution >= 4 is 5.91 Å². The van der Waals surface area contributed by atoms with Crippen molar-refractivity contribution in [2.24, 2.45) is 5.92 Å². The Bertz CT molecular complexity index is 396. The molecule has 1 amide bonds. The van der Waals surface area contributed by atoms with Crippen molar-refractivity contribution < 1.29 is 18.3 Å². The zero-order valence-corrected chi connectivity index (χ0v) is 10.7. The number of carbonyl (C=O) groups is 1. The van der Waals surface area contributed by atoms with Crippen molar-refractivity contribution in [3.63, 3.8) is 0 Å². The molecule has 5 heteroatoms. The first kappa shape index (κ1) is 14.4. The summed E-state index contributed by atoms with van der Waals surface area (Å²) in [4.78, 5) is 11.6. The monoisotopic (exact) mass is 257 g/mol. The average molecular weight is 257 g/mol. The van der Waals surface area contributed by atoms with Crippen LogP contribution in [-0.4, -0.2) is 18.6 Å². The molecular formula is C13H17F2NO2. The molecule has 0 fully saturated rings. The van der Waals surface area contributed by atoms with Crippen LogP contribution in [0.15, 0.2) is 24.3 Å². The molecule has 0 saturated heterocycles. The number of ether oxygens (including phenoxy) is 1. The highest BCUT2D eigenvalue weighted by Crippen LogP contribution is 2.21. The minimum absolute atomic E-state index is 0.0305. The van der Waals surface area contributed by atoms with Crippen molar-refractivity contribution in [2.45, 2.75) is 26.9 Å². The highest BCUT2D eigenvalue weighted by atomic mass is 19.3. The second-order valence-electron chi connectivity index (χ2n) is 4.54. The Labute approximate surface area is 105 Å². The zero-order chi connectivity index (χ0) is 13.8. The Morgan fingerprint density at radius 3 is 2.33 bits per heavy atom. The van der Waals surface area contributed by atoms with Crippen molar-refractivity contribution in [1.29, 1.82) is 0 Å². The van der Waals surface area contributed by atoms with Gasteiger partial charge in [0, 0.05) is 19.0 Å². The van der Waals surface area contributed by atoms with E-state index in [1.54, 1.807) is 0 Å². The topological polar surface area (TPSA) is 38.3 Å². The molecule has 0 aliphatic carbocycles. The van der Waals surface area contributed by atoms with Crippen molar-refractivity contribution in [3.05, 3.63) is 29.8 Å². The SMILES string of the molecule is CC(C)CNC(=O)c1ccc(OC(C)(F)F)cc1. The summed E-state index contributed by atoms with van der Waals surface area (Å²) in [6.07, 6.45) is -3.22. The van der Waals surface area contributed by atoms with Gasteiger partial charge in [-0.25, -0.2) is 0 Å². The summed E-state index contributed by atoms with van der Waals surface area (Å²) in [6, 6.07) is 5.61. The fourth-order valence-corrected chi connectivity index (χ4v) is 1.28. The van der Waals surface area contributed by atoms with Gasteiger partial charge in [-0.2, -0.15) is 8.78 Å². The molecule has 0 aliphatic rings. The molecule has 3 nitrogen and oxygen atoms in total. The predicted octanol–water partition coefficient (Wildman–Crippen LogP) is 3.06. The molecule has 100 valence electrons. The Morgan fingerprint density at radius 2 is 1.89 bits per heavy atom. The normalized spacial score (nSPS) is 11.4. The third-order valence-corrected chi connectivity index (χ3v) is 2.08. The van der Waals surface area contributed by atoms with Gasteiger partial charge in [0.05, 0.1) is 0 Å². The molecule has 0 spiro atoms. The first-order chi connectivity index (χ1) is 8.28. The minimum Gasteiger partial charge on any atom is -0.433 e. The van der Waals surface area contributed by atoms with Gasteiger partial charge in [0.1, 0.15) is 5.75 Å². The second-order valence-corrected chi connectivity index (χ2v) is 4.54. The van der Waals surface area contributed by atoms with Gasteiger partial charge in [0.25, 0.3) is 5.91 Å². The minimum atomic E-state index is -3.22. The number of carbonyl (C=O) groups excluding carboxylic acids is 1. The Morgan fingerprint density at radius 1 is 1.33 bits per heavy atom. The highest BCUT2D eigenvalue weighted by molar-refractivity contribution is 5.94. The van der Waals surface area contributed by atoms with Crippen molar-refractivity contribution in [1.82, 2.24) is 5.32 Å². The third kappa shape index (κ3) is 5.12. The molecule has 0 heterocycles. The lowest BCUT2D eigenvalue weighted by atomic mass is 10.2. The number of halogens is 2. The molecular weight excluding hydrogens is 240 g/mol. The van der Waals surface area contributed by atoms with Crippen LogP contribution in [0.3, 0.4) is 0 Å². The quantitative estimate of drug-likeness (QED) is 0.880. The fourth-order valence-electron chi connectivity index (χ4n) is 1.28. The van der Waals surface area contributed by atoms with Crippen LogP contribution in [0.1, 0.15) is 31.1 Å². The van der Waals surface area contributed by atoms with E-state index < -0.39 is 6.11 Å². The molecule has 0 bridgehead atoms. The van der Waals surface area contributed by atoms with Crippen LogP contribution in [-0.2, 0) is 0 Å². The maximum absolute atomic E-state index is 12.6. The molecule has 0 aliphatic heterocycles. The number of benzene rings is 1. The van der Waals surface area contributed by atoms with Crippen LogP contribution in [0, 0.1) is 5.92 Å². The molecule has 0 aromatic heterocycles. The van der Waals surface area contributed by atoms with Crippen LogP contribution < -0.4 is 10.1 Å². The maximum atomic E-state index is 12.6. The van der Waals surface area contributed by atoms with Crippen LogP contribution in [0.25, 0.3) is 0 Å². The van der Waals surface area contributed by atoms with E-state index in [1.165, 1.54) is 24.3 Å². The molecule has 1 rings (SSSR count). The van der Waals surface area contributed by atoms with E-state index in [0.29, 0.717) is 24.9 Å². The van der Waals surface area contributed by atoms with E-state index in [2.05, 4.69) is 10.1 Å². The van der Waals surface area contributed by atoms with Gasteiger partial charge in [0.15, 0.2) is 0 Å².